The number of likely N-dealkylation sites (tertiary alicyclic amines) is 1. The van der Waals surface area contributed by atoms with Crippen LogP contribution in [0, 0.1) is 11.8 Å². The van der Waals surface area contributed by atoms with Crippen LogP contribution in [-0.2, 0) is 29.0 Å². The molecule has 1 aromatic rings. The Labute approximate surface area is 119 Å². The molecular formula is C14H22N4O2. The summed E-state index contributed by atoms with van der Waals surface area (Å²) in [5, 5.41) is 8.61. The molecule has 6 nitrogen and oxygen atoms in total. The number of hydrogen-bond acceptors (Lipinski definition) is 5. The van der Waals surface area contributed by atoms with Crippen LogP contribution in [0.1, 0.15) is 31.4 Å². The zero-order valence-electron chi connectivity index (χ0n) is 12.2. The zero-order chi connectivity index (χ0) is 14.1. The summed E-state index contributed by atoms with van der Waals surface area (Å²) in [6.45, 7) is 5.60. The van der Waals surface area contributed by atoms with Crippen molar-refractivity contribution in [3.05, 3.63) is 11.6 Å². The molecule has 3 heterocycles. The van der Waals surface area contributed by atoms with Crippen LogP contribution in [0.3, 0.4) is 0 Å². The third kappa shape index (κ3) is 2.44. The number of fused-ring (bicyclic) bond motifs is 1. The van der Waals surface area contributed by atoms with Gasteiger partial charge in [0.15, 0.2) is 0 Å². The van der Waals surface area contributed by atoms with E-state index in [2.05, 4.69) is 26.6 Å². The quantitative estimate of drug-likeness (QED) is 0.767. The fourth-order valence-electron chi connectivity index (χ4n) is 3.34. The van der Waals surface area contributed by atoms with Gasteiger partial charge in [-0.05, 0) is 18.8 Å². The molecule has 0 N–H and O–H groups in total. The maximum absolute atomic E-state index is 11.7. The van der Waals surface area contributed by atoms with Gasteiger partial charge in [-0.15, -0.1) is 10.2 Å². The summed E-state index contributed by atoms with van der Waals surface area (Å²) in [4.78, 5) is 14.0. The summed E-state index contributed by atoms with van der Waals surface area (Å²) in [6.07, 6.45) is 3.46. The maximum Gasteiger partial charge on any atom is 0.310 e. The van der Waals surface area contributed by atoms with Crippen LogP contribution in [0.15, 0.2) is 0 Å². The second-order valence-electron chi connectivity index (χ2n) is 5.94. The Morgan fingerprint density at radius 3 is 3.00 bits per heavy atom. The van der Waals surface area contributed by atoms with E-state index in [9.17, 15) is 4.79 Å². The Bertz CT molecular complexity index is 499. The van der Waals surface area contributed by atoms with Crippen molar-refractivity contribution < 1.29 is 9.53 Å². The molecule has 2 unspecified atom stereocenters. The molecule has 3 rings (SSSR count). The second-order valence-corrected chi connectivity index (χ2v) is 5.94. The van der Waals surface area contributed by atoms with Gasteiger partial charge in [0.2, 0.25) is 0 Å². The number of carbonyl (C=O) groups excluding carboxylic acids is 1. The first-order chi connectivity index (χ1) is 9.69. The predicted octanol–water partition coefficient (Wildman–Crippen LogP) is 0.855. The number of nitrogens with zero attached hydrogens (tertiary/aromatic N) is 4. The van der Waals surface area contributed by atoms with Gasteiger partial charge in [0.25, 0.3) is 0 Å². The lowest BCUT2D eigenvalue weighted by molar-refractivity contribution is -0.146. The van der Waals surface area contributed by atoms with E-state index < -0.39 is 0 Å². The smallest absolute Gasteiger partial charge is 0.310 e. The minimum absolute atomic E-state index is 0.0104. The molecule has 1 saturated heterocycles. The lowest BCUT2D eigenvalue weighted by atomic mass is 9.99. The van der Waals surface area contributed by atoms with Gasteiger partial charge in [-0.3, -0.25) is 9.69 Å². The van der Waals surface area contributed by atoms with Crippen molar-refractivity contribution in [2.45, 2.75) is 39.3 Å². The first-order valence-electron chi connectivity index (χ1n) is 7.40. The largest absolute Gasteiger partial charge is 0.469 e. The number of aryl methyl sites for hydroxylation is 1. The molecule has 2 aliphatic heterocycles. The highest BCUT2D eigenvalue weighted by atomic mass is 16.5. The summed E-state index contributed by atoms with van der Waals surface area (Å²) in [7, 11) is 1.46. The number of carbonyl (C=O) groups is 1. The van der Waals surface area contributed by atoms with Crippen molar-refractivity contribution in [2.24, 2.45) is 11.8 Å². The van der Waals surface area contributed by atoms with E-state index in [1.807, 2.05) is 0 Å². The van der Waals surface area contributed by atoms with E-state index in [1.165, 1.54) is 20.0 Å². The van der Waals surface area contributed by atoms with E-state index in [1.54, 1.807) is 0 Å². The molecule has 0 spiro atoms. The Kier molecular flexibility index (Phi) is 3.74. The molecule has 0 radical (unpaired) electrons. The summed E-state index contributed by atoms with van der Waals surface area (Å²) >= 11 is 0. The number of hydrogen-bond donors (Lipinski definition) is 0. The molecular weight excluding hydrogens is 256 g/mol. The third-order valence-electron chi connectivity index (χ3n) is 4.49. The molecule has 20 heavy (non-hydrogen) atoms. The summed E-state index contributed by atoms with van der Waals surface area (Å²) < 4.78 is 7.13. The molecule has 110 valence electrons. The van der Waals surface area contributed by atoms with E-state index in [4.69, 9.17) is 4.74 Å². The van der Waals surface area contributed by atoms with Gasteiger partial charge in [0.1, 0.15) is 11.6 Å². The minimum atomic E-state index is -0.0942. The molecule has 0 aliphatic carbocycles. The van der Waals surface area contributed by atoms with Crippen molar-refractivity contribution in [1.82, 2.24) is 19.7 Å². The van der Waals surface area contributed by atoms with E-state index in [0.717, 1.165) is 44.2 Å². The number of ether oxygens (including phenoxy) is 1. The molecule has 6 heteroatoms. The SMILES string of the molecule is COC(=O)C1CN(Cc2nnc3n2CCCC3)CC1C. The summed E-state index contributed by atoms with van der Waals surface area (Å²) in [5.41, 5.74) is 0. The van der Waals surface area contributed by atoms with Crippen LogP contribution < -0.4 is 0 Å². The van der Waals surface area contributed by atoms with Crippen LogP contribution in [0.4, 0.5) is 0 Å². The van der Waals surface area contributed by atoms with E-state index in [0.29, 0.717) is 5.92 Å². The normalized spacial score (nSPS) is 26.5. The summed E-state index contributed by atoms with van der Waals surface area (Å²) in [5.74, 6) is 2.39. The van der Waals surface area contributed by atoms with Gasteiger partial charge in [0.05, 0.1) is 19.6 Å². The van der Waals surface area contributed by atoms with Gasteiger partial charge in [-0.2, -0.15) is 0 Å². The van der Waals surface area contributed by atoms with Crippen LogP contribution in [0.5, 0.6) is 0 Å². The zero-order valence-corrected chi connectivity index (χ0v) is 12.2. The highest BCUT2D eigenvalue weighted by Crippen LogP contribution is 2.25. The fraction of sp³-hybridized carbons (Fsp3) is 0.786. The highest BCUT2D eigenvalue weighted by Gasteiger charge is 2.36. The van der Waals surface area contributed by atoms with Crippen molar-refractivity contribution in [3.63, 3.8) is 0 Å². The molecule has 1 fully saturated rings. The first kappa shape index (κ1) is 13.5. The Hall–Kier alpha value is -1.43. The van der Waals surface area contributed by atoms with Crippen molar-refractivity contribution >= 4 is 5.97 Å². The van der Waals surface area contributed by atoms with Gasteiger partial charge >= 0.3 is 5.97 Å². The Morgan fingerprint density at radius 2 is 2.20 bits per heavy atom. The van der Waals surface area contributed by atoms with Gasteiger partial charge in [-0.1, -0.05) is 6.92 Å². The molecule has 0 aromatic carbocycles. The van der Waals surface area contributed by atoms with Gasteiger partial charge in [-0.25, -0.2) is 0 Å². The van der Waals surface area contributed by atoms with Crippen molar-refractivity contribution in [3.8, 4) is 0 Å². The lowest BCUT2D eigenvalue weighted by Crippen LogP contribution is -2.26. The molecule has 0 bridgehead atoms. The average molecular weight is 278 g/mol. The monoisotopic (exact) mass is 278 g/mol. The molecule has 2 atom stereocenters. The standard InChI is InChI=1S/C14H22N4O2/c1-10-7-17(8-11(10)14(19)20-2)9-13-16-15-12-5-3-4-6-18(12)13/h10-11H,3-9H2,1-2H3. The second kappa shape index (κ2) is 5.52. The summed E-state index contributed by atoms with van der Waals surface area (Å²) in [6, 6.07) is 0. The number of aromatic nitrogens is 3. The van der Waals surface area contributed by atoms with Gasteiger partial charge < -0.3 is 9.30 Å². The van der Waals surface area contributed by atoms with Crippen LogP contribution in [0.2, 0.25) is 0 Å². The van der Waals surface area contributed by atoms with Crippen molar-refractivity contribution in [2.75, 3.05) is 20.2 Å². The van der Waals surface area contributed by atoms with Crippen LogP contribution >= 0.6 is 0 Å². The predicted molar refractivity (Wildman–Crippen MR) is 72.9 cm³/mol. The molecule has 0 amide bonds. The Morgan fingerprint density at radius 1 is 1.35 bits per heavy atom. The fourth-order valence-corrected chi connectivity index (χ4v) is 3.34. The third-order valence-corrected chi connectivity index (χ3v) is 4.49. The number of methoxy groups -OCH3 is 1. The highest BCUT2D eigenvalue weighted by molar-refractivity contribution is 5.73. The number of rotatable bonds is 3. The molecule has 0 saturated carbocycles. The Balaban J connectivity index is 1.67. The lowest BCUT2D eigenvalue weighted by Gasteiger charge is -2.18. The molecule has 1 aromatic heterocycles. The maximum atomic E-state index is 11.7. The topological polar surface area (TPSA) is 60.2 Å². The first-order valence-corrected chi connectivity index (χ1v) is 7.40. The number of esters is 1. The molecule has 2 aliphatic rings. The van der Waals surface area contributed by atoms with Crippen LogP contribution in [-0.4, -0.2) is 45.8 Å². The minimum Gasteiger partial charge on any atom is -0.469 e. The average Bonchev–Trinajstić information content (AvgIpc) is 3.03. The van der Waals surface area contributed by atoms with Crippen LogP contribution in [0.25, 0.3) is 0 Å². The van der Waals surface area contributed by atoms with Gasteiger partial charge in [0, 0.05) is 26.1 Å². The van der Waals surface area contributed by atoms with E-state index >= 15 is 0 Å². The van der Waals surface area contributed by atoms with Crippen molar-refractivity contribution in [1.29, 1.82) is 0 Å². The van der Waals surface area contributed by atoms with E-state index in [-0.39, 0.29) is 11.9 Å².